The van der Waals surface area contributed by atoms with Crippen molar-refractivity contribution in [1.29, 1.82) is 0 Å². The number of hydrogen-bond donors (Lipinski definition) is 2. The molecule has 0 unspecified atom stereocenters. The maximum atomic E-state index is 12.5. The Kier molecular flexibility index (Phi) is 4.00. The van der Waals surface area contributed by atoms with E-state index in [0.29, 0.717) is 16.9 Å². The van der Waals surface area contributed by atoms with Gasteiger partial charge in [-0.2, -0.15) is 0 Å². The van der Waals surface area contributed by atoms with Gasteiger partial charge in [0.1, 0.15) is 18.0 Å². The smallest absolute Gasteiger partial charge is 0.263 e. The number of aryl methyl sites for hydroxylation is 2. The molecule has 0 aromatic carbocycles. The van der Waals surface area contributed by atoms with E-state index in [4.69, 9.17) is 0 Å². The topological polar surface area (TPSA) is 79.8 Å². The highest BCUT2D eigenvalue weighted by Gasteiger charge is 2.17. The molecule has 0 spiro atoms. The van der Waals surface area contributed by atoms with E-state index in [0.717, 1.165) is 18.5 Å². The van der Waals surface area contributed by atoms with Crippen molar-refractivity contribution in [2.75, 3.05) is 0 Å². The maximum Gasteiger partial charge on any atom is 0.263 e. The summed E-state index contributed by atoms with van der Waals surface area (Å²) >= 11 is 0. The highest BCUT2D eigenvalue weighted by molar-refractivity contribution is 5.78. The number of carbonyl (C=O) groups is 1. The molecule has 2 N–H and O–H groups in total. The molecular weight excluding hydrogens is 280 g/mol. The van der Waals surface area contributed by atoms with Crippen molar-refractivity contribution in [1.82, 2.24) is 19.9 Å². The lowest BCUT2D eigenvalue weighted by Crippen LogP contribution is -2.40. The van der Waals surface area contributed by atoms with Gasteiger partial charge in [0.2, 0.25) is 5.91 Å². The summed E-state index contributed by atoms with van der Waals surface area (Å²) in [6, 6.07) is 2.03. The molecule has 0 aliphatic heterocycles. The zero-order chi connectivity index (χ0) is 15.7. The van der Waals surface area contributed by atoms with E-state index in [-0.39, 0.29) is 24.1 Å². The van der Waals surface area contributed by atoms with Crippen molar-refractivity contribution in [3.8, 4) is 0 Å². The molecule has 0 bridgehead atoms. The summed E-state index contributed by atoms with van der Waals surface area (Å²) in [6.45, 7) is 3.68. The summed E-state index contributed by atoms with van der Waals surface area (Å²) in [4.78, 5) is 32.2. The monoisotopic (exact) mass is 302 g/mol. The third kappa shape index (κ3) is 2.91. The van der Waals surface area contributed by atoms with Gasteiger partial charge in [0, 0.05) is 11.7 Å². The van der Waals surface area contributed by atoms with Crippen LogP contribution in [0.3, 0.4) is 0 Å². The van der Waals surface area contributed by atoms with E-state index in [1.807, 2.05) is 6.92 Å². The third-order valence-corrected chi connectivity index (χ3v) is 4.34. The summed E-state index contributed by atoms with van der Waals surface area (Å²) in [5, 5.41) is 3.58. The molecule has 1 aliphatic rings. The van der Waals surface area contributed by atoms with Gasteiger partial charge in [-0.25, -0.2) is 4.98 Å². The second kappa shape index (κ2) is 5.94. The van der Waals surface area contributed by atoms with Crippen LogP contribution in [0.2, 0.25) is 0 Å². The minimum absolute atomic E-state index is 0.0360. The van der Waals surface area contributed by atoms with Crippen molar-refractivity contribution in [3.63, 3.8) is 0 Å². The molecule has 6 heteroatoms. The van der Waals surface area contributed by atoms with Gasteiger partial charge in [0.25, 0.3) is 5.56 Å². The van der Waals surface area contributed by atoms with Crippen LogP contribution in [0.15, 0.2) is 10.9 Å². The molecule has 2 aromatic heterocycles. The average Bonchev–Trinajstić information content (AvgIpc) is 2.85. The first-order chi connectivity index (χ1) is 10.5. The van der Waals surface area contributed by atoms with Crippen molar-refractivity contribution >= 4 is 16.9 Å². The Morgan fingerprint density at radius 1 is 1.36 bits per heavy atom. The van der Waals surface area contributed by atoms with Gasteiger partial charge >= 0.3 is 0 Å². The fourth-order valence-electron chi connectivity index (χ4n) is 3.19. The number of aromatic nitrogens is 3. The van der Waals surface area contributed by atoms with Crippen molar-refractivity contribution in [2.45, 2.75) is 58.5 Å². The lowest BCUT2D eigenvalue weighted by molar-refractivity contribution is -0.122. The largest absolute Gasteiger partial charge is 0.352 e. The van der Waals surface area contributed by atoms with Crippen LogP contribution in [-0.4, -0.2) is 26.5 Å². The van der Waals surface area contributed by atoms with E-state index in [2.05, 4.69) is 15.3 Å². The van der Waals surface area contributed by atoms with Crippen LogP contribution in [0.25, 0.3) is 11.0 Å². The van der Waals surface area contributed by atoms with Gasteiger partial charge in [-0.05, 0) is 32.8 Å². The molecule has 0 atom stereocenters. The van der Waals surface area contributed by atoms with Crippen LogP contribution >= 0.6 is 0 Å². The molecule has 3 rings (SSSR count). The van der Waals surface area contributed by atoms with E-state index in [1.165, 1.54) is 23.8 Å². The fraction of sp³-hybridized carbons (Fsp3) is 0.562. The minimum Gasteiger partial charge on any atom is -0.352 e. The van der Waals surface area contributed by atoms with E-state index >= 15 is 0 Å². The first-order valence-corrected chi connectivity index (χ1v) is 7.90. The SMILES string of the molecule is Cc1cc2c(=O)n(CC(=O)NC3CCCCC3)c(C)nc2[nH]1. The Labute approximate surface area is 128 Å². The van der Waals surface area contributed by atoms with Crippen LogP contribution in [-0.2, 0) is 11.3 Å². The number of nitrogens with zero attached hydrogens (tertiary/aromatic N) is 2. The highest BCUT2D eigenvalue weighted by Crippen LogP contribution is 2.17. The number of aromatic amines is 1. The molecule has 1 fully saturated rings. The second-order valence-electron chi connectivity index (χ2n) is 6.17. The molecule has 22 heavy (non-hydrogen) atoms. The van der Waals surface area contributed by atoms with Gasteiger partial charge in [-0.1, -0.05) is 19.3 Å². The molecule has 2 heterocycles. The van der Waals surface area contributed by atoms with E-state index in [9.17, 15) is 9.59 Å². The molecule has 2 aromatic rings. The third-order valence-electron chi connectivity index (χ3n) is 4.34. The summed E-state index contributed by atoms with van der Waals surface area (Å²) in [5.74, 6) is 0.448. The van der Waals surface area contributed by atoms with Gasteiger partial charge in [0.15, 0.2) is 0 Å². The first-order valence-electron chi connectivity index (χ1n) is 7.90. The molecule has 6 nitrogen and oxygen atoms in total. The summed E-state index contributed by atoms with van der Waals surface area (Å²) in [5.41, 5.74) is 1.32. The van der Waals surface area contributed by atoms with E-state index < -0.39 is 0 Å². The zero-order valence-electron chi connectivity index (χ0n) is 13.1. The minimum atomic E-state index is -0.161. The predicted octanol–water partition coefficient (Wildman–Crippen LogP) is 1.79. The zero-order valence-corrected chi connectivity index (χ0v) is 13.1. The lowest BCUT2D eigenvalue weighted by Gasteiger charge is -2.23. The van der Waals surface area contributed by atoms with Gasteiger partial charge in [-0.3, -0.25) is 14.2 Å². The van der Waals surface area contributed by atoms with Crippen LogP contribution < -0.4 is 10.9 Å². The number of rotatable bonds is 3. The van der Waals surface area contributed by atoms with Crippen LogP contribution in [0.1, 0.15) is 43.6 Å². The molecule has 1 saturated carbocycles. The normalized spacial score (nSPS) is 16.1. The Bertz CT molecular complexity index is 753. The van der Waals surface area contributed by atoms with Gasteiger partial charge < -0.3 is 10.3 Å². The number of H-pyrrole nitrogens is 1. The summed E-state index contributed by atoms with van der Waals surface area (Å²) in [6.07, 6.45) is 5.65. The summed E-state index contributed by atoms with van der Waals surface area (Å²) < 4.78 is 1.45. The molecular formula is C16H22N4O2. The van der Waals surface area contributed by atoms with Crippen LogP contribution in [0.4, 0.5) is 0 Å². The second-order valence-corrected chi connectivity index (χ2v) is 6.17. The van der Waals surface area contributed by atoms with Crippen LogP contribution in [0, 0.1) is 13.8 Å². The summed E-state index contributed by atoms with van der Waals surface area (Å²) in [7, 11) is 0. The molecule has 1 amide bonds. The first kappa shape index (κ1) is 14.8. The number of nitrogens with one attached hydrogen (secondary N) is 2. The van der Waals surface area contributed by atoms with Crippen molar-refractivity contribution in [2.24, 2.45) is 0 Å². The Morgan fingerprint density at radius 2 is 2.09 bits per heavy atom. The number of fused-ring (bicyclic) bond motifs is 1. The van der Waals surface area contributed by atoms with Gasteiger partial charge in [0.05, 0.1) is 5.39 Å². The van der Waals surface area contributed by atoms with Gasteiger partial charge in [-0.15, -0.1) is 0 Å². The predicted molar refractivity (Wildman–Crippen MR) is 84.8 cm³/mol. The Morgan fingerprint density at radius 3 is 2.82 bits per heavy atom. The fourth-order valence-corrected chi connectivity index (χ4v) is 3.19. The number of hydrogen-bond acceptors (Lipinski definition) is 3. The molecule has 118 valence electrons. The van der Waals surface area contributed by atoms with Crippen molar-refractivity contribution < 1.29 is 4.79 Å². The van der Waals surface area contributed by atoms with E-state index in [1.54, 1.807) is 13.0 Å². The quantitative estimate of drug-likeness (QED) is 0.907. The molecule has 0 saturated heterocycles. The molecule has 0 radical (unpaired) electrons. The maximum absolute atomic E-state index is 12.5. The van der Waals surface area contributed by atoms with Crippen molar-refractivity contribution in [3.05, 3.63) is 27.9 Å². The number of amides is 1. The van der Waals surface area contributed by atoms with Crippen LogP contribution in [0.5, 0.6) is 0 Å². The lowest BCUT2D eigenvalue weighted by atomic mass is 9.95. The Balaban J connectivity index is 1.80. The average molecular weight is 302 g/mol. The number of carbonyl (C=O) groups excluding carboxylic acids is 1. The highest BCUT2D eigenvalue weighted by atomic mass is 16.2. The Hall–Kier alpha value is -2.11. The standard InChI is InChI=1S/C16H22N4O2/c1-10-8-13-15(17-10)18-11(2)20(16(13)22)9-14(21)19-12-6-4-3-5-7-12/h8,12,17H,3-7,9H2,1-2H3,(H,19,21). The molecule has 1 aliphatic carbocycles.